The number of halogens is 3. The molecule has 26 heavy (non-hydrogen) atoms. The molecule has 0 N–H and O–H groups in total. The molecular weight excluding hydrogens is 345 g/mol. The Kier molecular flexibility index (Phi) is 3.86. The standard InChI is InChI=1S/C18H17F3N4O/c1-11-8-16(26)24(14-5-3-2-4-13(11)14)9-15-22-17(12-6-7-12)23-25(15)10-18(19,20)21/h2-5,8,12H,6-7,9-10H2,1H3. The molecule has 1 aliphatic rings. The van der Waals surface area contributed by atoms with Crippen molar-refractivity contribution in [2.75, 3.05) is 0 Å². The van der Waals surface area contributed by atoms with Crippen LogP contribution in [0.15, 0.2) is 35.1 Å². The highest BCUT2D eigenvalue weighted by molar-refractivity contribution is 5.82. The summed E-state index contributed by atoms with van der Waals surface area (Å²) in [6.45, 7) is 0.585. The van der Waals surface area contributed by atoms with Crippen molar-refractivity contribution in [2.24, 2.45) is 0 Å². The molecule has 0 aliphatic heterocycles. The first kappa shape index (κ1) is 16.8. The first-order chi connectivity index (χ1) is 12.3. The Hall–Kier alpha value is -2.64. The van der Waals surface area contributed by atoms with Crippen molar-refractivity contribution < 1.29 is 13.2 Å². The van der Waals surface area contributed by atoms with Crippen molar-refractivity contribution in [2.45, 2.75) is 44.9 Å². The van der Waals surface area contributed by atoms with Crippen LogP contribution in [0.5, 0.6) is 0 Å². The fourth-order valence-corrected chi connectivity index (χ4v) is 3.13. The molecule has 0 amide bonds. The van der Waals surface area contributed by atoms with Gasteiger partial charge in [-0.05, 0) is 31.4 Å². The van der Waals surface area contributed by atoms with Crippen molar-refractivity contribution in [3.05, 3.63) is 57.9 Å². The first-order valence-electron chi connectivity index (χ1n) is 8.41. The molecule has 2 heterocycles. The molecule has 0 bridgehead atoms. The average molecular weight is 362 g/mol. The number of hydrogen-bond donors (Lipinski definition) is 0. The lowest BCUT2D eigenvalue weighted by Crippen LogP contribution is -2.25. The van der Waals surface area contributed by atoms with Crippen LogP contribution in [0.2, 0.25) is 0 Å². The normalized spacial score (nSPS) is 14.9. The smallest absolute Gasteiger partial charge is 0.301 e. The van der Waals surface area contributed by atoms with E-state index in [-0.39, 0.29) is 23.8 Å². The fourth-order valence-electron chi connectivity index (χ4n) is 3.13. The lowest BCUT2D eigenvalue weighted by atomic mass is 10.1. The molecular formula is C18H17F3N4O. The summed E-state index contributed by atoms with van der Waals surface area (Å²) in [4.78, 5) is 16.8. The molecule has 8 heteroatoms. The number of benzene rings is 1. The molecule has 0 unspecified atom stereocenters. The van der Waals surface area contributed by atoms with E-state index in [0.29, 0.717) is 11.3 Å². The Morgan fingerprint density at radius 2 is 1.96 bits per heavy atom. The van der Waals surface area contributed by atoms with E-state index in [9.17, 15) is 18.0 Å². The van der Waals surface area contributed by atoms with Crippen LogP contribution < -0.4 is 5.56 Å². The van der Waals surface area contributed by atoms with E-state index in [1.54, 1.807) is 12.1 Å². The number of aromatic nitrogens is 4. The molecule has 1 aromatic carbocycles. The van der Waals surface area contributed by atoms with Gasteiger partial charge in [0.1, 0.15) is 12.4 Å². The Labute approximate surface area is 147 Å². The maximum atomic E-state index is 12.9. The van der Waals surface area contributed by atoms with Gasteiger partial charge < -0.3 is 4.57 Å². The summed E-state index contributed by atoms with van der Waals surface area (Å²) in [6, 6.07) is 8.83. The highest BCUT2D eigenvalue weighted by Crippen LogP contribution is 2.38. The second-order valence-electron chi connectivity index (χ2n) is 6.70. The van der Waals surface area contributed by atoms with Crippen LogP contribution in [0.25, 0.3) is 10.9 Å². The second-order valence-corrected chi connectivity index (χ2v) is 6.70. The lowest BCUT2D eigenvalue weighted by molar-refractivity contribution is -0.143. The zero-order valence-electron chi connectivity index (χ0n) is 14.1. The van der Waals surface area contributed by atoms with Gasteiger partial charge in [-0.2, -0.15) is 18.3 Å². The van der Waals surface area contributed by atoms with Crippen LogP contribution in [-0.4, -0.2) is 25.5 Å². The van der Waals surface area contributed by atoms with E-state index in [1.165, 1.54) is 10.6 Å². The van der Waals surface area contributed by atoms with Crippen molar-refractivity contribution in [1.29, 1.82) is 0 Å². The summed E-state index contributed by atoms with van der Waals surface area (Å²) in [5.74, 6) is 0.726. The maximum absolute atomic E-state index is 12.9. The van der Waals surface area contributed by atoms with Crippen LogP contribution in [0.1, 0.15) is 36.0 Å². The van der Waals surface area contributed by atoms with Gasteiger partial charge >= 0.3 is 6.18 Å². The summed E-state index contributed by atoms with van der Waals surface area (Å²) < 4.78 is 41.1. The molecule has 4 rings (SSSR count). The number of alkyl halides is 3. The van der Waals surface area contributed by atoms with Crippen LogP contribution in [0.3, 0.4) is 0 Å². The van der Waals surface area contributed by atoms with Gasteiger partial charge in [0.15, 0.2) is 5.82 Å². The van der Waals surface area contributed by atoms with Crippen molar-refractivity contribution in [1.82, 2.24) is 19.3 Å². The predicted octanol–water partition coefficient (Wildman–Crippen LogP) is 3.39. The predicted molar refractivity (Wildman–Crippen MR) is 90.1 cm³/mol. The zero-order chi connectivity index (χ0) is 18.5. The maximum Gasteiger partial charge on any atom is 0.408 e. The molecule has 2 aromatic heterocycles. The van der Waals surface area contributed by atoms with Gasteiger partial charge in [0, 0.05) is 17.4 Å². The van der Waals surface area contributed by atoms with E-state index < -0.39 is 12.7 Å². The van der Waals surface area contributed by atoms with E-state index in [4.69, 9.17) is 0 Å². The summed E-state index contributed by atoms with van der Waals surface area (Å²) in [5.41, 5.74) is 1.24. The van der Waals surface area contributed by atoms with Crippen molar-refractivity contribution >= 4 is 10.9 Å². The van der Waals surface area contributed by atoms with Gasteiger partial charge in [0.2, 0.25) is 0 Å². The van der Waals surface area contributed by atoms with Gasteiger partial charge in [0.05, 0.1) is 12.1 Å². The molecule has 1 aliphatic carbocycles. The number of pyridine rings is 1. The molecule has 0 atom stereocenters. The monoisotopic (exact) mass is 362 g/mol. The third kappa shape index (κ3) is 3.23. The minimum absolute atomic E-state index is 0.0462. The Morgan fingerprint density at radius 3 is 2.65 bits per heavy atom. The summed E-state index contributed by atoms with van der Waals surface area (Å²) in [5, 5.41) is 4.94. The van der Waals surface area contributed by atoms with Crippen LogP contribution >= 0.6 is 0 Å². The topological polar surface area (TPSA) is 52.7 Å². The molecule has 5 nitrogen and oxygen atoms in total. The third-order valence-electron chi connectivity index (χ3n) is 4.56. The number of rotatable bonds is 4. The van der Waals surface area contributed by atoms with Gasteiger partial charge in [-0.25, -0.2) is 9.67 Å². The second kappa shape index (κ2) is 5.96. The number of nitrogens with zero attached hydrogens (tertiary/aromatic N) is 4. The van der Waals surface area contributed by atoms with E-state index in [2.05, 4.69) is 10.1 Å². The SMILES string of the molecule is Cc1cc(=O)n(Cc2nc(C3CC3)nn2CC(F)(F)F)c2ccccc12. The van der Waals surface area contributed by atoms with Crippen LogP contribution in [0, 0.1) is 6.92 Å². The first-order valence-corrected chi connectivity index (χ1v) is 8.41. The molecule has 0 radical (unpaired) electrons. The minimum atomic E-state index is -4.40. The lowest BCUT2D eigenvalue weighted by Gasteiger charge is -2.13. The highest BCUT2D eigenvalue weighted by atomic mass is 19.4. The third-order valence-corrected chi connectivity index (χ3v) is 4.56. The molecule has 3 aromatic rings. The van der Waals surface area contributed by atoms with Crippen LogP contribution in [0.4, 0.5) is 13.2 Å². The Morgan fingerprint density at radius 1 is 1.23 bits per heavy atom. The van der Waals surface area contributed by atoms with Crippen molar-refractivity contribution in [3.63, 3.8) is 0 Å². The van der Waals surface area contributed by atoms with E-state index in [1.807, 2.05) is 19.1 Å². The number of hydrogen-bond acceptors (Lipinski definition) is 3. The minimum Gasteiger partial charge on any atom is -0.301 e. The quantitative estimate of drug-likeness (QED) is 0.715. The number of para-hydroxylation sites is 1. The molecule has 136 valence electrons. The number of aryl methyl sites for hydroxylation is 1. The average Bonchev–Trinajstić information content (AvgIpc) is 3.34. The van der Waals surface area contributed by atoms with Crippen molar-refractivity contribution in [3.8, 4) is 0 Å². The number of fused-ring (bicyclic) bond motifs is 1. The van der Waals surface area contributed by atoms with Crippen LogP contribution in [-0.2, 0) is 13.1 Å². The van der Waals surface area contributed by atoms with Gasteiger partial charge in [-0.1, -0.05) is 18.2 Å². The molecule has 1 saturated carbocycles. The summed E-state index contributed by atoms with van der Waals surface area (Å²) in [6.07, 6.45) is -2.62. The summed E-state index contributed by atoms with van der Waals surface area (Å²) in [7, 11) is 0. The largest absolute Gasteiger partial charge is 0.408 e. The van der Waals surface area contributed by atoms with Gasteiger partial charge in [0.25, 0.3) is 5.56 Å². The Balaban J connectivity index is 1.80. The summed E-state index contributed by atoms with van der Waals surface area (Å²) >= 11 is 0. The highest BCUT2D eigenvalue weighted by Gasteiger charge is 2.33. The Bertz CT molecular complexity index is 1030. The fraction of sp³-hybridized carbons (Fsp3) is 0.389. The van der Waals surface area contributed by atoms with E-state index >= 15 is 0 Å². The molecule has 0 saturated heterocycles. The molecule has 0 spiro atoms. The van der Waals surface area contributed by atoms with Gasteiger partial charge in [-0.15, -0.1) is 0 Å². The molecule has 1 fully saturated rings. The van der Waals surface area contributed by atoms with E-state index in [0.717, 1.165) is 28.5 Å². The van der Waals surface area contributed by atoms with Gasteiger partial charge in [-0.3, -0.25) is 4.79 Å². The zero-order valence-corrected chi connectivity index (χ0v) is 14.1.